The SMILES string of the molecule is CCCCCCCCCCCCCCCCC(COC(=O)OCCCC)CC1(CCCCCCCCCCCCCCCC)OO1. The minimum absolute atomic E-state index is 0.255. The van der Waals surface area contributed by atoms with E-state index in [4.69, 9.17) is 19.2 Å². The van der Waals surface area contributed by atoms with Gasteiger partial charge in [-0.05, 0) is 25.2 Å². The molecule has 1 rings (SSSR count). The summed E-state index contributed by atoms with van der Waals surface area (Å²) in [5, 5.41) is 0. The minimum atomic E-state index is -0.530. The molecule has 1 unspecified atom stereocenters. The highest BCUT2D eigenvalue weighted by molar-refractivity contribution is 5.59. The van der Waals surface area contributed by atoms with Crippen LogP contribution in [0.5, 0.6) is 0 Å². The Bertz CT molecular complexity index is 634. The molecule has 0 aromatic carbocycles. The average molecular weight is 653 g/mol. The second kappa shape index (κ2) is 32.7. The van der Waals surface area contributed by atoms with E-state index in [1.807, 2.05) is 0 Å². The van der Waals surface area contributed by atoms with Crippen LogP contribution in [0.15, 0.2) is 0 Å². The van der Waals surface area contributed by atoms with Gasteiger partial charge in [0.15, 0.2) is 0 Å². The lowest BCUT2D eigenvalue weighted by Gasteiger charge is -2.19. The van der Waals surface area contributed by atoms with E-state index in [0.717, 1.165) is 38.5 Å². The quantitative estimate of drug-likeness (QED) is 0.0289. The van der Waals surface area contributed by atoms with Crippen molar-refractivity contribution in [1.82, 2.24) is 0 Å². The van der Waals surface area contributed by atoms with Crippen LogP contribution in [-0.4, -0.2) is 25.2 Å². The van der Waals surface area contributed by atoms with Gasteiger partial charge in [0.05, 0.1) is 13.2 Å². The van der Waals surface area contributed by atoms with Gasteiger partial charge in [-0.15, -0.1) is 0 Å². The predicted molar refractivity (Wildman–Crippen MR) is 195 cm³/mol. The molecule has 1 saturated heterocycles. The monoisotopic (exact) mass is 653 g/mol. The van der Waals surface area contributed by atoms with Crippen LogP contribution >= 0.6 is 0 Å². The number of carbonyl (C=O) groups is 1. The van der Waals surface area contributed by atoms with Crippen molar-refractivity contribution in [3.05, 3.63) is 0 Å². The smallest absolute Gasteiger partial charge is 0.434 e. The normalized spacial score (nSPS) is 14.4. The summed E-state index contributed by atoms with van der Waals surface area (Å²) in [6.07, 6.45) is 42.4. The first-order valence-corrected chi connectivity index (χ1v) is 20.8. The maximum absolute atomic E-state index is 12.1. The van der Waals surface area contributed by atoms with Crippen LogP contribution in [-0.2, 0) is 19.2 Å². The van der Waals surface area contributed by atoms with E-state index in [0.29, 0.717) is 13.2 Å². The Hall–Kier alpha value is -0.810. The van der Waals surface area contributed by atoms with Crippen molar-refractivity contribution in [3.63, 3.8) is 0 Å². The van der Waals surface area contributed by atoms with Gasteiger partial charge in [-0.1, -0.05) is 201 Å². The van der Waals surface area contributed by atoms with E-state index in [9.17, 15) is 4.79 Å². The summed E-state index contributed by atoms with van der Waals surface area (Å²) < 4.78 is 10.8. The molecule has 0 spiro atoms. The Balaban J connectivity index is 2.17. The van der Waals surface area contributed by atoms with Crippen molar-refractivity contribution in [2.75, 3.05) is 13.2 Å². The van der Waals surface area contributed by atoms with Gasteiger partial charge < -0.3 is 9.47 Å². The topological polar surface area (TPSA) is 60.6 Å². The summed E-state index contributed by atoms with van der Waals surface area (Å²) in [6, 6.07) is 0. The molecule has 0 amide bonds. The minimum Gasteiger partial charge on any atom is -0.434 e. The summed E-state index contributed by atoms with van der Waals surface area (Å²) in [5.41, 5.74) is 0. The molecular formula is C41H80O5. The highest BCUT2D eigenvalue weighted by Crippen LogP contribution is 2.42. The highest BCUT2D eigenvalue weighted by Gasteiger charge is 2.49. The fourth-order valence-corrected chi connectivity index (χ4v) is 6.74. The molecule has 274 valence electrons. The molecule has 0 radical (unpaired) electrons. The lowest BCUT2D eigenvalue weighted by Crippen LogP contribution is -2.22. The van der Waals surface area contributed by atoms with Crippen molar-refractivity contribution < 1.29 is 24.0 Å². The van der Waals surface area contributed by atoms with Crippen molar-refractivity contribution in [2.24, 2.45) is 5.92 Å². The molecule has 5 heteroatoms. The molecule has 1 aliphatic rings. The maximum Gasteiger partial charge on any atom is 0.508 e. The standard InChI is InChI=1S/C41H80O5/c1-4-7-10-12-14-16-18-20-22-24-26-28-30-32-34-39(38-44-40(42)43-36-9-6-3)37-41(45-46-41)35-33-31-29-27-25-23-21-19-17-15-13-11-8-5-2/h39H,4-38H2,1-3H3. The summed E-state index contributed by atoms with van der Waals surface area (Å²) in [4.78, 5) is 23.3. The van der Waals surface area contributed by atoms with E-state index < -0.39 is 11.9 Å². The molecule has 0 N–H and O–H groups in total. The van der Waals surface area contributed by atoms with Crippen molar-refractivity contribution >= 4 is 6.16 Å². The van der Waals surface area contributed by atoms with Crippen LogP contribution in [0.3, 0.4) is 0 Å². The van der Waals surface area contributed by atoms with Gasteiger partial charge in [-0.2, -0.15) is 9.78 Å². The summed E-state index contributed by atoms with van der Waals surface area (Å²) in [5.74, 6) is -0.196. The lowest BCUT2D eigenvalue weighted by molar-refractivity contribution is 0.0371. The molecule has 1 fully saturated rings. The largest absolute Gasteiger partial charge is 0.508 e. The third-order valence-electron chi connectivity index (χ3n) is 9.95. The molecule has 1 atom stereocenters. The van der Waals surface area contributed by atoms with Crippen LogP contribution in [0.1, 0.15) is 233 Å². The zero-order valence-corrected chi connectivity index (χ0v) is 31.4. The van der Waals surface area contributed by atoms with E-state index in [-0.39, 0.29) is 5.92 Å². The number of hydrogen-bond donors (Lipinski definition) is 0. The van der Waals surface area contributed by atoms with Crippen LogP contribution in [0, 0.1) is 5.92 Å². The molecule has 1 heterocycles. The maximum atomic E-state index is 12.1. The van der Waals surface area contributed by atoms with E-state index in [1.165, 1.54) is 173 Å². The molecule has 0 aromatic heterocycles. The van der Waals surface area contributed by atoms with Crippen LogP contribution in [0.2, 0.25) is 0 Å². The van der Waals surface area contributed by atoms with Gasteiger partial charge in [0, 0.05) is 12.8 Å². The molecule has 0 saturated carbocycles. The number of ether oxygens (including phenoxy) is 2. The zero-order valence-electron chi connectivity index (χ0n) is 31.4. The molecule has 0 aliphatic carbocycles. The Kier molecular flexibility index (Phi) is 30.7. The van der Waals surface area contributed by atoms with Crippen molar-refractivity contribution in [1.29, 1.82) is 0 Å². The molecule has 1 aliphatic heterocycles. The van der Waals surface area contributed by atoms with Gasteiger partial charge in [0.25, 0.3) is 0 Å². The van der Waals surface area contributed by atoms with Crippen molar-refractivity contribution in [2.45, 2.75) is 238 Å². The van der Waals surface area contributed by atoms with Crippen LogP contribution < -0.4 is 0 Å². The van der Waals surface area contributed by atoms with Crippen LogP contribution in [0.25, 0.3) is 0 Å². The molecule has 46 heavy (non-hydrogen) atoms. The van der Waals surface area contributed by atoms with Gasteiger partial charge in [0.1, 0.15) is 0 Å². The van der Waals surface area contributed by atoms with Crippen LogP contribution in [0.4, 0.5) is 4.79 Å². The lowest BCUT2D eigenvalue weighted by atomic mass is 9.91. The molecule has 0 bridgehead atoms. The first kappa shape index (κ1) is 43.2. The predicted octanol–water partition coefficient (Wildman–Crippen LogP) is 14.3. The number of unbranched alkanes of at least 4 members (excludes halogenated alkanes) is 27. The van der Waals surface area contributed by atoms with Gasteiger partial charge in [0.2, 0.25) is 5.79 Å². The first-order chi connectivity index (χ1) is 22.7. The molecule has 5 nitrogen and oxygen atoms in total. The Labute approximate surface area is 287 Å². The summed E-state index contributed by atoms with van der Waals surface area (Å²) in [6.45, 7) is 7.51. The van der Waals surface area contributed by atoms with E-state index >= 15 is 0 Å². The van der Waals surface area contributed by atoms with Gasteiger partial charge >= 0.3 is 6.16 Å². The molecular weight excluding hydrogens is 572 g/mol. The van der Waals surface area contributed by atoms with Gasteiger partial charge in [-0.25, -0.2) is 4.79 Å². The Morgan fingerprint density at radius 2 is 0.848 bits per heavy atom. The third-order valence-corrected chi connectivity index (χ3v) is 9.95. The molecule has 0 aromatic rings. The highest BCUT2D eigenvalue weighted by atomic mass is 17.4. The average Bonchev–Trinajstić information content (AvgIpc) is 3.83. The Morgan fingerprint density at radius 3 is 1.24 bits per heavy atom. The zero-order chi connectivity index (χ0) is 33.2. The number of carbonyl (C=O) groups excluding carboxylic acids is 1. The summed E-state index contributed by atoms with van der Waals surface area (Å²) >= 11 is 0. The second-order valence-electron chi connectivity index (χ2n) is 14.6. The van der Waals surface area contributed by atoms with Gasteiger partial charge in [-0.3, -0.25) is 0 Å². The fraction of sp³-hybridized carbons (Fsp3) is 0.976. The van der Waals surface area contributed by atoms with E-state index in [2.05, 4.69) is 20.8 Å². The summed E-state index contributed by atoms with van der Waals surface area (Å²) in [7, 11) is 0. The number of rotatable bonds is 37. The number of hydrogen-bond acceptors (Lipinski definition) is 5. The van der Waals surface area contributed by atoms with Crippen molar-refractivity contribution in [3.8, 4) is 0 Å². The first-order valence-electron chi connectivity index (χ1n) is 20.8. The van der Waals surface area contributed by atoms with E-state index in [1.54, 1.807) is 0 Å². The third kappa shape index (κ3) is 28.2. The fourth-order valence-electron chi connectivity index (χ4n) is 6.74. The Morgan fingerprint density at radius 1 is 0.478 bits per heavy atom. The second-order valence-corrected chi connectivity index (χ2v) is 14.6.